The van der Waals surface area contributed by atoms with Gasteiger partial charge in [0.05, 0.1) is 11.0 Å². The molecule has 3 aromatic rings. The number of nitrogens with zero attached hydrogens (tertiary/aromatic N) is 3. The van der Waals surface area contributed by atoms with Crippen molar-refractivity contribution in [2.24, 2.45) is 12.0 Å². The molecule has 0 bridgehead atoms. The Morgan fingerprint density at radius 2 is 1.97 bits per heavy atom. The lowest BCUT2D eigenvalue weighted by atomic mass is 10.1. The van der Waals surface area contributed by atoms with Gasteiger partial charge >= 0.3 is 0 Å². The number of nitrogens with one attached hydrogen (secondary N) is 2. The fourth-order valence-electron chi connectivity index (χ4n) is 3.25. The molecular weight excluding hydrogens is 481 g/mol. The highest BCUT2D eigenvalue weighted by Gasteiger charge is 2.13. The number of aliphatic imine (C=N–C) groups is 1. The van der Waals surface area contributed by atoms with E-state index in [0.29, 0.717) is 13.3 Å². The predicted octanol–water partition coefficient (Wildman–Crippen LogP) is 3.22. The topological polar surface area (TPSA) is 72.7 Å². The van der Waals surface area contributed by atoms with Gasteiger partial charge in [-0.1, -0.05) is 18.2 Å². The summed E-state index contributed by atoms with van der Waals surface area (Å²) >= 11 is 0. The van der Waals surface area contributed by atoms with Crippen LogP contribution in [0, 0.1) is 0 Å². The molecule has 0 saturated carbocycles. The van der Waals surface area contributed by atoms with Gasteiger partial charge in [-0.15, -0.1) is 24.0 Å². The minimum absolute atomic E-state index is 0. The fourth-order valence-corrected chi connectivity index (χ4v) is 3.25. The van der Waals surface area contributed by atoms with Crippen molar-refractivity contribution in [1.29, 1.82) is 0 Å². The molecule has 0 aliphatic carbocycles. The van der Waals surface area contributed by atoms with Gasteiger partial charge < -0.3 is 24.7 Å². The van der Waals surface area contributed by atoms with Crippen LogP contribution in [-0.2, 0) is 20.0 Å². The number of aryl methyl sites for hydroxylation is 1. The summed E-state index contributed by atoms with van der Waals surface area (Å²) in [7, 11) is 2.03. The molecule has 4 rings (SSSR count). The van der Waals surface area contributed by atoms with Crippen molar-refractivity contribution in [3.8, 4) is 11.5 Å². The summed E-state index contributed by atoms with van der Waals surface area (Å²) in [5.74, 6) is 3.36. The molecule has 154 valence electrons. The van der Waals surface area contributed by atoms with E-state index < -0.39 is 0 Å². The number of imidazole rings is 1. The van der Waals surface area contributed by atoms with Crippen molar-refractivity contribution < 1.29 is 9.47 Å². The Labute approximate surface area is 187 Å². The zero-order valence-corrected chi connectivity index (χ0v) is 19.0. The maximum absolute atomic E-state index is 5.44. The third-order valence-corrected chi connectivity index (χ3v) is 4.75. The van der Waals surface area contributed by atoms with Crippen molar-refractivity contribution in [3.63, 3.8) is 0 Å². The first-order chi connectivity index (χ1) is 13.7. The maximum atomic E-state index is 5.44. The van der Waals surface area contributed by atoms with E-state index in [4.69, 9.17) is 14.5 Å². The highest BCUT2D eigenvalue weighted by atomic mass is 127. The lowest BCUT2D eigenvalue weighted by Gasteiger charge is -2.11. The van der Waals surface area contributed by atoms with E-state index in [1.807, 2.05) is 37.4 Å². The van der Waals surface area contributed by atoms with E-state index in [9.17, 15) is 0 Å². The Morgan fingerprint density at radius 1 is 1.14 bits per heavy atom. The molecule has 0 saturated heterocycles. The summed E-state index contributed by atoms with van der Waals surface area (Å²) in [6.45, 7) is 4.46. The Kier molecular flexibility index (Phi) is 7.18. The molecule has 7 nitrogen and oxygen atoms in total. The number of hydrogen-bond donors (Lipinski definition) is 2. The normalized spacial score (nSPS) is 12.7. The van der Waals surface area contributed by atoms with Crippen LogP contribution in [0.15, 0.2) is 47.5 Å². The molecule has 1 aliphatic heterocycles. The van der Waals surface area contributed by atoms with Crippen LogP contribution in [0.4, 0.5) is 0 Å². The van der Waals surface area contributed by atoms with E-state index in [1.165, 1.54) is 5.56 Å². The zero-order valence-electron chi connectivity index (χ0n) is 16.6. The fraction of sp³-hybridized carbons (Fsp3) is 0.333. The Bertz CT molecular complexity index is 1000. The Hall–Kier alpha value is -2.49. The first kappa shape index (κ1) is 21.2. The van der Waals surface area contributed by atoms with Crippen LogP contribution in [0.5, 0.6) is 11.5 Å². The number of benzene rings is 2. The summed E-state index contributed by atoms with van der Waals surface area (Å²) in [4.78, 5) is 9.38. The molecule has 1 aromatic heterocycles. The summed E-state index contributed by atoms with van der Waals surface area (Å²) in [5.41, 5.74) is 3.31. The van der Waals surface area contributed by atoms with Gasteiger partial charge in [0.1, 0.15) is 12.4 Å². The second-order valence-corrected chi connectivity index (χ2v) is 6.64. The first-order valence-corrected chi connectivity index (χ1v) is 9.55. The van der Waals surface area contributed by atoms with Gasteiger partial charge in [-0.25, -0.2) is 9.98 Å². The molecule has 2 aromatic carbocycles. The highest BCUT2D eigenvalue weighted by molar-refractivity contribution is 14.0. The smallest absolute Gasteiger partial charge is 0.231 e. The second kappa shape index (κ2) is 9.82. The molecule has 2 heterocycles. The van der Waals surface area contributed by atoms with Crippen molar-refractivity contribution in [3.05, 3.63) is 53.9 Å². The van der Waals surface area contributed by atoms with Crippen LogP contribution in [-0.4, -0.2) is 35.4 Å². The van der Waals surface area contributed by atoms with Crippen LogP contribution in [0.1, 0.15) is 18.3 Å². The largest absolute Gasteiger partial charge is 0.454 e. The Morgan fingerprint density at radius 3 is 2.79 bits per heavy atom. The lowest BCUT2D eigenvalue weighted by Crippen LogP contribution is -2.38. The van der Waals surface area contributed by atoms with E-state index in [1.54, 1.807) is 0 Å². The van der Waals surface area contributed by atoms with Gasteiger partial charge in [-0.05, 0) is 43.2 Å². The van der Waals surface area contributed by atoms with Gasteiger partial charge in [-0.3, -0.25) is 0 Å². The zero-order chi connectivity index (χ0) is 19.3. The number of para-hydroxylation sites is 2. The average Bonchev–Trinajstić information content (AvgIpc) is 3.30. The molecule has 1 aliphatic rings. The van der Waals surface area contributed by atoms with E-state index >= 15 is 0 Å². The third kappa shape index (κ3) is 4.92. The summed E-state index contributed by atoms with van der Waals surface area (Å²) in [6.07, 6.45) is 0.868. The highest BCUT2D eigenvalue weighted by Crippen LogP contribution is 2.32. The molecule has 0 radical (unpaired) electrons. The quantitative estimate of drug-likeness (QED) is 0.305. The molecule has 2 N–H and O–H groups in total. The van der Waals surface area contributed by atoms with Crippen LogP contribution in [0.3, 0.4) is 0 Å². The standard InChI is InChI=1S/C21H25N5O2.HI/c1-3-22-21(23-11-10-15-8-9-18-19(12-15)28-14-27-18)24-13-20-25-16-6-4-5-7-17(16)26(20)2;/h4-9,12H,3,10-11,13-14H2,1-2H3,(H2,22,23,24);1H. The number of fused-ring (bicyclic) bond motifs is 2. The molecule has 0 fully saturated rings. The number of hydrogen-bond acceptors (Lipinski definition) is 4. The minimum Gasteiger partial charge on any atom is -0.454 e. The van der Waals surface area contributed by atoms with Gasteiger partial charge in [0.15, 0.2) is 17.5 Å². The van der Waals surface area contributed by atoms with Crippen molar-refractivity contribution >= 4 is 41.0 Å². The SMILES string of the molecule is CCNC(=NCc1nc2ccccc2n1C)NCCc1ccc2c(c1)OCO2.I. The number of rotatable bonds is 6. The monoisotopic (exact) mass is 507 g/mol. The van der Waals surface area contributed by atoms with Crippen LogP contribution < -0.4 is 20.1 Å². The maximum Gasteiger partial charge on any atom is 0.231 e. The van der Waals surface area contributed by atoms with E-state index in [0.717, 1.165) is 53.8 Å². The van der Waals surface area contributed by atoms with Crippen LogP contribution in [0.25, 0.3) is 11.0 Å². The second-order valence-electron chi connectivity index (χ2n) is 6.64. The van der Waals surface area contributed by atoms with Crippen LogP contribution >= 0.6 is 24.0 Å². The first-order valence-electron chi connectivity index (χ1n) is 9.55. The number of aromatic nitrogens is 2. The van der Waals surface area contributed by atoms with Gasteiger partial charge in [-0.2, -0.15) is 0 Å². The van der Waals surface area contributed by atoms with E-state index in [-0.39, 0.29) is 24.0 Å². The molecule has 0 unspecified atom stereocenters. The van der Waals surface area contributed by atoms with Gasteiger partial charge in [0, 0.05) is 20.1 Å². The lowest BCUT2D eigenvalue weighted by molar-refractivity contribution is 0.174. The molecule has 29 heavy (non-hydrogen) atoms. The summed E-state index contributed by atoms with van der Waals surface area (Å²) < 4.78 is 12.9. The van der Waals surface area contributed by atoms with Crippen LogP contribution in [0.2, 0.25) is 0 Å². The molecule has 0 amide bonds. The van der Waals surface area contributed by atoms with Crippen molar-refractivity contribution in [2.75, 3.05) is 19.9 Å². The Balaban J connectivity index is 0.00000240. The molecular formula is C21H26IN5O2. The molecule has 0 spiro atoms. The third-order valence-electron chi connectivity index (χ3n) is 4.75. The van der Waals surface area contributed by atoms with Crippen molar-refractivity contribution in [2.45, 2.75) is 19.9 Å². The number of halogens is 1. The van der Waals surface area contributed by atoms with Gasteiger partial charge in [0.2, 0.25) is 6.79 Å². The van der Waals surface area contributed by atoms with Gasteiger partial charge in [0.25, 0.3) is 0 Å². The number of ether oxygens (including phenoxy) is 2. The predicted molar refractivity (Wildman–Crippen MR) is 125 cm³/mol. The number of guanidine groups is 1. The summed E-state index contributed by atoms with van der Waals surface area (Å²) in [6, 6.07) is 14.2. The molecule has 8 heteroatoms. The summed E-state index contributed by atoms with van der Waals surface area (Å²) in [5, 5.41) is 6.68. The van der Waals surface area contributed by atoms with E-state index in [2.05, 4.69) is 39.2 Å². The minimum atomic E-state index is 0. The molecule has 0 atom stereocenters. The average molecular weight is 507 g/mol. The van der Waals surface area contributed by atoms with Crippen molar-refractivity contribution in [1.82, 2.24) is 20.2 Å².